The van der Waals surface area contributed by atoms with Gasteiger partial charge in [0, 0.05) is 12.6 Å². The maximum atomic E-state index is 13.7. The van der Waals surface area contributed by atoms with Crippen LogP contribution in [-0.4, -0.2) is 15.9 Å². The van der Waals surface area contributed by atoms with Crippen molar-refractivity contribution in [3.8, 4) is 0 Å². The molecule has 0 radical (unpaired) electrons. The molecule has 1 aromatic heterocycles. The van der Waals surface area contributed by atoms with Crippen LogP contribution < -0.4 is 10.6 Å². The number of para-hydroxylation sites is 1. The van der Waals surface area contributed by atoms with E-state index < -0.39 is 17.5 Å². The molecule has 1 heterocycles. The van der Waals surface area contributed by atoms with Gasteiger partial charge in [-0.3, -0.25) is 4.79 Å². The Morgan fingerprint density at radius 2 is 1.65 bits per heavy atom. The highest BCUT2D eigenvalue weighted by molar-refractivity contribution is 5.92. The number of amides is 1. The molecule has 0 saturated carbocycles. The molecule has 5 nitrogen and oxygen atoms in total. The van der Waals surface area contributed by atoms with E-state index in [1.165, 1.54) is 24.3 Å². The molecule has 132 valence electrons. The maximum absolute atomic E-state index is 13.7. The van der Waals surface area contributed by atoms with Crippen LogP contribution in [-0.2, 0) is 6.54 Å². The molecule has 3 rings (SSSR count). The molecule has 2 aromatic carbocycles. The number of hydrogen-bond acceptors (Lipinski definition) is 4. The van der Waals surface area contributed by atoms with E-state index in [0.717, 1.165) is 18.5 Å². The molecule has 0 aliphatic carbocycles. The number of nitrogens with one attached hydrogen (secondary N) is 2. The van der Waals surface area contributed by atoms with E-state index in [1.54, 1.807) is 12.1 Å². The third-order valence-electron chi connectivity index (χ3n) is 3.48. The second kappa shape index (κ2) is 7.64. The average Bonchev–Trinajstić information content (AvgIpc) is 2.64. The topological polar surface area (TPSA) is 66.9 Å². The Kier molecular flexibility index (Phi) is 5.12. The Morgan fingerprint density at radius 3 is 2.35 bits per heavy atom. The fourth-order valence-corrected chi connectivity index (χ4v) is 2.17. The van der Waals surface area contributed by atoms with Crippen LogP contribution in [0.4, 0.5) is 24.7 Å². The molecular weight excluding hydrogens is 345 g/mol. The molecular formula is C18H13F3N4O. The Balaban J connectivity index is 1.70. The van der Waals surface area contributed by atoms with Gasteiger partial charge < -0.3 is 10.6 Å². The summed E-state index contributed by atoms with van der Waals surface area (Å²) in [6.07, 6.45) is 1.11. The van der Waals surface area contributed by atoms with Gasteiger partial charge >= 0.3 is 0 Å². The minimum absolute atomic E-state index is 0.0151. The van der Waals surface area contributed by atoms with Crippen molar-refractivity contribution >= 4 is 17.4 Å². The Labute approximate surface area is 146 Å². The van der Waals surface area contributed by atoms with Crippen molar-refractivity contribution in [1.82, 2.24) is 15.3 Å². The van der Waals surface area contributed by atoms with Crippen molar-refractivity contribution in [3.05, 3.63) is 83.6 Å². The zero-order chi connectivity index (χ0) is 18.5. The second-order valence-electron chi connectivity index (χ2n) is 5.32. The van der Waals surface area contributed by atoms with Crippen LogP contribution in [0, 0.1) is 17.5 Å². The van der Waals surface area contributed by atoms with Crippen LogP contribution in [0.15, 0.2) is 54.9 Å². The molecule has 0 unspecified atom stereocenters. The molecule has 0 aliphatic rings. The van der Waals surface area contributed by atoms with Gasteiger partial charge in [0.15, 0.2) is 0 Å². The monoisotopic (exact) mass is 358 g/mol. The fraction of sp³-hybridized carbons (Fsp3) is 0.0556. The van der Waals surface area contributed by atoms with E-state index in [9.17, 15) is 18.0 Å². The van der Waals surface area contributed by atoms with Gasteiger partial charge in [-0.2, -0.15) is 0 Å². The van der Waals surface area contributed by atoms with Gasteiger partial charge in [0.05, 0.1) is 0 Å². The highest BCUT2D eigenvalue weighted by Gasteiger charge is 2.12. The predicted molar refractivity (Wildman–Crippen MR) is 89.2 cm³/mol. The van der Waals surface area contributed by atoms with Gasteiger partial charge in [0.25, 0.3) is 5.91 Å². The number of carbonyl (C=O) groups excluding carboxylic acids is 1. The Morgan fingerprint density at radius 1 is 0.962 bits per heavy atom. The maximum Gasteiger partial charge on any atom is 0.270 e. The summed E-state index contributed by atoms with van der Waals surface area (Å²) in [5.74, 6) is -2.38. The lowest BCUT2D eigenvalue weighted by Gasteiger charge is -2.09. The highest BCUT2D eigenvalue weighted by Crippen LogP contribution is 2.22. The second-order valence-corrected chi connectivity index (χ2v) is 5.32. The smallest absolute Gasteiger partial charge is 0.270 e. The van der Waals surface area contributed by atoms with E-state index in [1.807, 2.05) is 0 Å². The predicted octanol–water partition coefficient (Wildman–Crippen LogP) is 3.57. The van der Waals surface area contributed by atoms with Crippen LogP contribution >= 0.6 is 0 Å². The summed E-state index contributed by atoms with van der Waals surface area (Å²) in [4.78, 5) is 19.9. The minimum Gasteiger partial charge on any atom is -0.347 e. The number of carbonyl (C=O) groups is 1. The molecule has 1 amide bonds. The molecule has 26 heavy (non-hydrogen) atoms. The number of aromatic nitrogens is 2. The number of benzene rings is 2. The third-order valence-corrected chi connectivity index (χ3v) is 3.48. The van der Waals surface area contributed by atoms with Crippen molar-refractivity contribution in [2.75, 3.05) is 5.32 Å². The SMILES string of the molecule is O=C(NCc1ccc(F)cc1)c1cc(Nc2c(F)cccc2F)ncn1. The minimum atomic E-state index is -0.786. The molecule has 8 heteroatoms. The Hall–Kier alpha value is -3.42. The number of nitrogens with zero attached hydrogens (tertiary/aromatic N) is 2. The zero-order valence-electron chi connectivity index (χ0n) is 13.3. The molecule has 0 bridgehead atoms. The lowest BCUT2D eigenvalue weighted by molar-refractivity contribution is 0.0946. The van der Waals surface area contributed by atoms with Gasteiger partial charge in [-0.05, 0) is 29.8 Å². The van der Waals surface area contributed by atoms with Crippen LogP contribution in [0.2, 0.25) is 0 Å². The largest absolute Gasteiger partial charge is 0.347 e. The van der Waals surface area contributed by atoms with Crippen LogP contribution in [0.1, 0.15) is 16.1 Å². The summed E-state index contributed by atoms with van der Waals surface area (Å²) in [7, 11) is 0. The Bertz CT molecular complexity index is 912. The molecule has 0 aliphatic heterocycles. The highest BCUT2D eigenvalue weighted by atomic mass is 19.1. The molecule has 0 saturated heterocycles. The summed E-state index contributed by atoms with van der Waals surface area (Å²) in [5, 5.41) is 5.11. The van der Waals surface area contributed by atoms with E-state index >= 15 is 0 Å². The standard InChI is InChI=1S/C18H13F3N4O/c19-12-6-4-11(5-7-12)9-22-18(26)15-8-16(24-10-23-15)25-17-13(20)2-1-3-14(17)21/h1-8,10H,9H2,(H,22,26)(H,23,24,25). The third kappa shape index (κ3) is 4.15. The first-order valence-corrected chi connectivity index (χ1v) is 7.58. The molecule has 2 N–H and O–H groups in total. The number of rotatable bonds is 5. The lowest BCUT2D eigenvalue weighted by Crippen LogP contribution is -2.24. The first kappa shape index (κ1) is 17.4. The van der Waals surface area contributed by atoms with E-state index in [-0.39, 0.29) is 29.6 Å². The summed E-state index contributed by atoms with van der Waals surface area (Å²) in [5.41, 5.74) is 0.353. The molecule has 3 aromatic rings. The van der Waals surface area contributed by atoms with Gasteiger partial charge in [0.2, 0.25) is 0 Å². The van der Waals surface area contributed by atoms with Crippen LogP contribution in [0.25, 0.3) is 0 Å². The van der Waals surface area contributed by atoms with Gasteiger partial charge in [-0.15, -0.1) is 0 Å². The van der Waals surface area contributed by atoms with Crippen molar-refractivity contribution in [2.24, 2.45) is 0 Å². The molecule has 0 atom stereocenters. The van der Waals surface area contributed by atoms with Crippen molar-refractivity contribution in [1.29, 1.82) is 0 Å². The number of halogens is 3. The summed E-state index contributed by atoms with van der Waals surface area (Å²) in [6.45, 7) is 0.174. The number of hydrogen-bond donors (Lipinski definition) is 2. The summed E-state index contributed by atoms with van der Waals surface area (Å²) in [6, 6.07) is 10.4. The normalized spacial score (nSPS) is 10.4. The number of anilines is 2. The summed E-state index contributed by atoms with van der Waals surface area (Å²) < 4.78 is 40.2. The van der Waals surface area contributed by atoms with E-state index in [2.05, 4.69) is 20.6 Å². The van der Waals surface area contributed by atoms with Gasteiger partial charge in [-0.25, -0.2) is 23.1 Å². The van der Waals surface area contributed by atoms with E-state index in [0.29, 0.717) is 5.56 Å². The zero-order valence-corrected chi connectivity index (χ0v) is 13.3. The van der Waals surface area contributed by atoms with Gasteiger partial charge in [-0.1, -0.05) is 18.2 Å². The van der Waals surface area contributed by atoms with Crippen molar-refractivity contribution in [3.63, 3.8) is 0 Å². The van der Waals surface area contributed by atoms with Crippen molar-refractivity contribution < 1.29 is 18.0 Å². The average molecular weight is 358 g/mol. The first-order chi connectivity index (χ1) is 12.5. The lowest BCUT2D eigenvalue weighted by atomic mass is 10.2. The van der Waals surface area contributed by atoms with E-state index in [4.69, 9.17) is 0 Å². The molecule has 0 spiro atoms. The van der Waals surface area contributed by atoms with Crippen LogP contribution in [0.5, 0.6) is 0 Å². The van der Waals surface area contributed by atoms with Crippen LogP contribution in [0.3, 0.4) is 0 Å². The molecule has 0 fully saturated rings. The quantitative estimate of drug-likeness (QED) is 0.732. The van der Waals surface area contributed by atoms with Gasteiger partial charge in [0.1, 0.15) is 41.0 Å². The fourth-order valence-electron chi connectivity index (χ4n) is 2.17. The van der Waals surface area contributed by atoms with Crippen molar-refractivity contribution in [2.45, 2.75) is 6.54 Å². The first-order valence-electron chi connectivity index (χ1n) is 7.58. The summed E-state index contributed by atoms with van der Waals surface area (Å²) >= 11 is 0.